The molecule has 0 N–H and O–H groups in total. The third kappa shape index (κ3) is 3.54. The first-order valence-corrected chi connectivity index (χ1v) is 7.50. The summed E-state index contributed by atoms with van der Waals surface area (Å²) in [6, 6.07) is 2.75. The maximum absolute atomic E-state index is 14.6. The van der Waals surface area contributed by atoms with Crippen molar-refractivity contribution in [2.75, 3.05) is 13.1 Å². The van der Waals surface area contributed by atoms with Gasteiger partial charge in [-0.25, -0.2) is 13.6 Å². The van der Waals surface area contributed by atoms with Gasteiger partial charge < -0.3 is 14.8 Å². The molecule has 2 rings (SSSR count). The van der Waals surface area contributed by atoms with E-state index in [0.29, 0.717) is 10.3 Å². The fourth-order valence-electron chi connectivity index (χ4n) is 2.69. The van der Waals surface area contributed by atoms with Crippen molar-refractivity contribution in [1.82, 2.24) is 4.90 Å². The highest BCUT2D eigenvalue weighted by Gasteiger charge is 2.55. The highest BCUT2D eigenvalue weighted by Crippen LogP contribution is 2.45. The van der Waals surface area contributed by atoms with Crippen LogP contribution < -0.4 is 4.73 Å². The fourth-order valence-corrected chi connectivity index (χ4v) is 2.69. The molecule has 128 valence electrons. The van der Waals surface area contributed by atoms with Gasteiger partial charge in [0.1, 0.15) is 5.60 Å². The Morgan fingerprint density at radius 2 is 1.91 bits per heavy atom. The van der Waals surface area contributed by atoms with E-state index in [2.05, 4.69) is 0 Å². The number of carbonyl (C=O) groups is 1. The molecule has 0 aromatic carbocycles. The van der Waals surface area contributed by atoms with Gasteiger partial charge in [0, 0.05) is 31.6 Å². The number of nitrogens with zero attached hydrogens (tertiary/aromatic N) is 2. The molecule has 23 heavy (non-hydrogen) atoms. The third-order valence-corrected chi connectivity index (χ3v) is 4.10. The first-order chi connectivity index (χ1) is 10.4. The third-order valence-electron chi connectivity index (χ3n) is 4.10. The van der Waals surface area contributed by atoms with E-state index >= 15 is 0 Å². The topological polar surface area (TPSA) is 56.5 Å². The normalized spacial score (nSPS) is 24.3. The molecule has 1 saturated heterocycles. The number of likely N-dealkylation sites (tertiary alicyclic amines) is 1. The van der Waals surface area contributed by atoms with Gasteiger partial charge >= 0.3 is 6.09 Å². The lowest BCUT2D eigenvalue weighted by molar-refractivity contribution is -0.605. The smallest absolute Gasteiger partial charge is 0.410 e. The first kappa shape index (κ1) is 17.4. The van der Waals surface area contributed by atoms with Crippen LogP contribution in [0.5, 0.6) is 0 Å². The van der Waals surface area contributed by atoms with E-state index < -0.39 is 29.5 Å². The van der Waals surface area contributed by atoms with E-state index in [1.54, 1.807) is 20.8 Å². The Hall–Kier alpha value is -1.92. The monoisotopic (exact) mass is 328 g/mol. The summed E-state index contributed by atoms with van der Waals surface area (Å²) in [5.74, 6) is -2.99. The largest absolute Gasteiger partial charge is 0.619 e. The van der Waals surface area contributed by atoms with Gasteiger partial charge in [-0.3, -0.25) is 0 Å². The summed E-state index contributed by atoms with van der Waals surface area (Å²) in [6.45, 7) is 6.37. The van der Waals surface area contributed by atoms with Gasteiger partial charge in [0.15, 0.2) is 12.4 Å². The van der Waals surface area contributed by atoms with Gasteiger partial charge in [-0.05, 0) is 33.3 Å². The average molecular weight is 328 g/mol. The van der Waals surface area contributed by atoms with Crippen molar-refractivity contribution in [3.05, 3.63) is 35.3 Å². The molecule has 1 aliphatic rings. The SMILES string of the molecule is CC(C)(C)OC(=O)N1CCC(F)(F)C(C)(c2cc[n+]([O-])cc2)C1. The van der Waals surface area contributed by atoms with Crippen molar-refractivity contribution in [2.45, 2.75) is 51.1 Å². The van der Waals surface area contributed by atoms with E-state index in [9.17, 15) is 18.8 Å². The van der Waals surface area contributed by atoms with Crippen molar-refractivity contribution < 1.29 is 23.0 Å². The zero-order valence-corrected chi connectivity index (χ0v) is 13.8. The molecule has 1 amide bonds. The minimum atomic E-state index is -2.99. The summed E-state index contributed by atoms with van der Waals surface area (Å²) in [5, 5.41) is 11.1. The molecule has 2 heterocycles. The van der Waals surface area contributed by atoms with Gasteiger partial charge in [0.05, 0.1) is 5.41 Å². The number of aromatic nitrogens is 1. The van der Waals surface area contributed by atoms with Crippen molar-refractivity contribution >= 4 is 6.09 Å². The Kier molecular flexibility index (Phi) is 4.26. The minimum absolute atomic E-state index is 0.0636. The Labute approximate surface area is 134 Å². The summed E-state index contributed by atoms with van der Waals surface area (Å²) in [4.78, 5) is 13.5. The highest BCUT2D eigenvalue weighted by atomic mass is 19.3. The number of hydrogen-bond donors (Lipinski definition) is 0. The second-order valence-electron chi connectivity index (χ2n) is 7.14. The van der Waals surface area contributed by atoms with Crippen LogP contribution in [0.15, 0.2) is 24.5 Å². The van der Waals surface area contributed by atoms with Gasteiger partial charge in [0.2, 0.25) is 0 Å². The Balaban J connectivity index is 2.29. The van der Waals surface area contributed by atoms with Crippen LogP contribution in [0.3, 0.4) is 0 Å². The summed E-state index contributed by atoms with van der Waals surface area (Å²) < 4.78 is 34.9. The molecule has 1 aromatic rings. The number of ether oxygens (including phenoxy) is 1. The van der Waals surface area contributed by atoms with Crippen LogP contribution >= 0.6 is 0 Å². The van der Waals surface area contributed by atoms with Crippen LogP contribution in [0.1, 0.15) is 39.7 Å². The molecule has 1 unspecified atom stereocenters. The molecule has 0 bridgehead atoms. The Morgan fingerprint density at radius 1 is 1.35 bits per heavy atom. The Bertz CT molecular complexity index is 584. The maximum atomic E-state index is 14.6. The van der Waals surface area contributed by atoms with Crippen LogP contribution in [0.2, 0.25) is 0 Å². The van der Waals surface area contributed by atoms with Gasteiger partial charge in [-0.15, -0.1) is 0 Å². The van der Waals surface area contributed by atoms with E-state index in [4.69, 9.17) is 4.74 Å². The van der Waals surface area contributed by atoms with Crippen LogP contribution in [-0.2, 0) is 10.2 Å². The van der Waals surface area contributed by atoms with E-state index in [1.165, 1.54) is 36.4 Å². The second-order valence-corrected chi connectivity index (χ2v) is 7.14. The molecule has 1 atom stereocenters. The molecule has 7 heteroatoms. The van der Waals surface area contributed by atoms with Gasteiger partial charge in [0.25, 0.3) is 5.92 Å². The predicted molar refractivity (Wildman–Crippen MR) is 80.1 cm³/mol. The number of amides is 1. The van der Waals surface area contributed by atoms with Crippen LogP contribution in [-0.4, -0.2) is 35.6 Å². The van der Waals surface area contributed by atoms with Crippen molar-refractivity contribution in [2.24, 2.45) is 0 Å². The van der Waals surface area contributed by atoms with Gasteiger partial charge in [-0.2, -0.15) is 4.73 Å². The quantitative estimate of drug-likeness (QED) is 0.588. The zero-order chi connectivity index (χ0) is 17.5. The molecule has 1 fully saturated rings. The highest BCUT2D eigenvalue weighted by molar-refractivity contribution is 5.68. The van der Waals surface area contributed by atoms with E-state index in [1.807, 2.05) is 0 Å². The predicted octanol–water partition coefficient (Wildman–Crippen LogP) is 2.85. The fraction of sp³-hybridized carbons (Fsp3) is 0.625. The van der Waals surface area contributed by atoms with Crippen LogP contribution in [0, 0.1) is 5.21 Å². The molecular formula is C16H22F2N2O3. The van der Waals surface area contributed by atoms with Crippen LogP contribution in [0.4, 0.5) is 13.6 Å². The number of carbonyl (C=O) groups excluding carboxylic acids is 1. The lowest BCUT2D eigenvalue weighted by Crippen LogP contribution is -2.58. The summed E-state index contributed by atoms with van der Waals surface area (Å²) in [6.07, 6.45) is 1.32. The second kappa shape index (κ2) is 5.62. The molecule has 0 spiro atoms. The number of piperidine rings is 1. The summed E-state index contributed by atoms with van der Waals surface area (Å²) >= 11 is 0. The lowest BCUT2D eigenvalue weighted by Gasteiger charge is -2.46. The number of hydrogen-bond acceptors (Lipinski definition) is 3. The molecule has 0 saturated carbocycles. The van der Waals surface area contributed by atoms with Crippen molar-refractivity contribution in [3.8, 4) is 0 Å². The number of rotatable bonds is 1. The molecular weight excluding hydrogens is 306 g/mol. The van der Waals surface area contributed by atoms with E-state index in [0.717, 1.165) is 0 Å². The number of halogens is 2. The average Bonchev–Trinajstić information content (AvgIpc) is 2.40. The lowest BCUT2D eigenvalue weighted by atomic mass is 9.73. The molecule has 1 aliphatic heterocycles. The number of alkyl halides is 2. The molecule has 0 radical (unpaired) electrons. The Morgan fingerprint density at radius 3 is 2.43 bits per heavy atom. The van der Waals surface area contributed by atoms with Gasteiger partial charge in [-0.1, -0.05) is 0 Å². The maximum Gasteiger partial charge on any atom is 0.410 e. The molecule has 0 aliphatic carbocycles. The van der Waals surface area contributed by atoms with Crippen molar-refractivity contribution in [3.63, 3.8) is 0 Å². The first-order valence-electron chi connectivity index (χ1n) is 7.50. The minimum Gasteiger partial charge on any atom is -0.619 e. The molecule has 5 nitrogen and oxygen atoms in total. The zero-order valence-electron chi connectivity index (χ0n) is 13.8. The molecule has 1 aromatic heterocycles. The summed E-state index contributed by atoms with van der Waals surface area (Å²) in [5.41, 5.74) is -1.94. The standard InChI is InChI=1S/C16H22F2N2O3/c1-14(2,3)23-13(21)19-10-7-16(17,18)15(4,11-19)12-5-8-20(22)9-6-12/h5-6,8-9H,7,10-11H2,1-4H3. The number of pyridine rings is 1. The van der Waals surface area contributed by atoms with E-state index in [-0.39, 0.29) is 13.1 Å². The summed E-state index contributed by atoms with van der Waals surface area (Å²) in [7, 11) is 0. The van der Waals surface area contributed by atoms with Crippen LogP contribution in [0.25, 0.3) is 0 Å². The van der Waals surface area contributed by atoms with Crippen molar-refractivity contribution in [1.29, 1.82) is 0 Å².